The van der Waals surface area contributed by atoms with Gasteiger partial charge in [-0.3, -0.25) is 9.48 Å². The predicted octanol–water partition coefficient (Wildman–Crippen LogP) is 1.73. The Morgan fingerprint density at radius 2 is 2.12 bits per heavy atom. The highest BCUT2D eigenvalue weighted by molar-refractivity contribution is 6.32. The second-order valence-corrected chi connectivity index (χ2v) is 5.25. The Morgan fingerprint density at radius 3 is 2.53 bits per heavy atom. The molecule has 5 heteroatoms. The normalized spacial score (nSPS) is 11.9. The zero-order valence-electron chi connectivity index (χ0n) is 10.9. The van der Waals surface area contributed by atoms with Crippen molar-refractivity contribution in [3.8, 4) is 0 Å². The van der Waals surface area contributed by atoms with Gasteiger partial charge < -0.3 is 5.73 Å². The summed E-state index contributed by atoms with van der Waals surface area (Å²) < 4.78 is 1.69. The lowest BCUT2D eigenvalue weighted by Gasteiger charge is -2.20. The van der Waals surface area contributed by atoms with E-state index in [1.54, 1.807) is 4.68 Å². The first-order valence-corrected chi connectivity index (χ1v) is 6.15. The van der Waals surface area contributed by atoms with E-state index in [1.165, 1.54) is 0 Å². The Hall–Kier alpha value is -0.870. The summed E-state index contributed by atoms with van der Waals surface area (Å²) in [6.07, 6.45) is 1.05. The van der Waals surface area contributed by atoms with Gasteiger partial charge in [-0.25, -0.2) is 0 Å². The minimum atomic E-state index is -0.514. The molecule has 1 rings (SSSR count). The van der Waals surface area contributed by atoms with Gasteiger partial charge in [-0.1, -0.05) is 32.4 Å². The molecule has 0 fully saturated rings. The summed E-state index contributed by atoms with van der Waals surface area (Å²) >= 11 is 6.20. The molecule has 1 heterocycles. The number of aromatic nitrogens is 2. The van der Waals surface area contributed by atoms with Gasteiger partial charge in [0.15, 0.2) is 0 Å². The molecule has 0 radical (unpaired) electrons. The largest absolute Gasteiger partial charge is 0.329 e. The molecule has 96 valence electrons. The van der Waals surface area contributed by atoms with Crippen LogP contribution in [0.25, 0.3) is 0 Å². The van der Waals surface area contributed by atoms with Crippen molar-refractivity contribution >= 4 is 17.4 Å². The van der Waals surface area contributed by atoms with Crippen molar-refractivity contribution < 1.29 is 4.79 Å². The Labute approximate surface area is 107 Å². The molecule has 0 spiro atoms. The fraction of sp³-hybridized carbons (Fsp3) is 0.667. The number of rotatable bonds is 5. The van der Waals surface area contributed by atoms with Gasteiger partial charge >= 0.3 is 0 Å². The number of carbonyl (C=O) groups excluding carboxylic acids is 1. The summed E-state index contributed by atoms with van der Waals surface area (Å²) in [7, 11) is 1.81. The molecule has 0 atom stereocenters. The van der Waals surface area contributed by atoms with Gasteiger partial charge in [-0.15, -0.1) is 0 Å². The molecule has 4 nitrogen and oxygen atoms in total. The molecule has 1 aromatic heterocycles. The number of carbonyl (C=O) groups is 1. The maximum absolute atomic E-state index is 12.1. The molecule has 17 heavy (non-hydrogen) atoms. The summed E-state index contributed by atoms with van der Waals surface area (Å²) in [4.78, 5) is 12.1. The molecule has 0 aromatic carbocycles. The third kappa shape index (κ3) is 2.87. The highest BCUT2D eigenvalue weighted by Gasteiger charge is 2.27. The Balaban J connectivity index is 2.97. The molecule has 0 amide bonds. The van der Waals surface area contributed by atoms with Gasteiger partial charge in [0.1, 0.15) is 5.78 Å². The Kier molecular flexibility index (Phi) is 4.33. The predicted molar refractivity (Wildman–Crippen MR) is 69.1 cm³/mol. The van der Waals surface area contributed by atoms with Crippen LogP contribution in [-0.4, -0.2) is 22.1 Å². The van der Waals surface area contributed by atoms with Crippen LogP contribution in [0.3, 0.4) is 0 Å². The molecule has 1 aromatic rings. The lowest BCUT2D eigenvalue weighted by atomic mass is 9.86. The van der Waals surface area contributed by atoms with Crippen molar-refractivity contribution in [1.29, 1.82) is 0 Å². The van der Waals surface area contributed by atoms with E-state index in [1.807, 2.05) is 27.8 Å². The van der Waals surface area contributed by atoms with E-state index >= 15 is 0 Å². The average molecular weight is 258 g/mol. The molecule has 0 aliphatic rings. The Bertz CT molecular complexity index is 424. The quantitative estimate of drug-likeness (QED) is 0.874. The monoisotopic (exact) mass is 257 g/mol. The highest BCUT2D eigenvalue weighted by Crippen LogP contribution is 2.24. The number of hydrogen-bond acceptors (Lipinski definition) is 3. The van der Waals surface area contributed by atoms with E-state index in [2.05, 4.69) is 5.10 Å². The van der Waals surface area contributed by atoms with Gasteiger partial charge in [-0.05, 0) is 6.42 Å². The van der Waals surface area contributed by atoms with Crippen LogP contribution in [0.15, 0.2) is 0 Å². The first-order valence-electron chi connectivity index (χ1n) is 5.77. The summed E-state index contributed by atoms with van der Waals surface area (Å²) in [5, 5.41) is 4.90. The van der Waals surface area contributed by atoms with Crippen molar-refractivity contribution in [2.75, 3.05) is 6.54 Å². The number of nitrogens with zero attached hydrogens (tertiary/aromatic N) is 2. The summed E-state index contributed by atoms with van der Waals surface area (Å²) in [5.74, 6) is 0.0903. The average Bonchev–Trinajstić information content (AvgIpc) is 2.56. The van der Waals surface area contributed by atoms with Crippen LogP contribution in [0.2, 0.25) is 5.02 Å². The van der Waals surface area contributed by atoms with Crippen LogP contribution in [0, 0.1) is 5.41 Å². The molecule has 0 saturated heterocycles. The third-order valence-corrected chi connectivity index (χ3v) is 3.53. The van der Waals surface area contributed by atoms with Crippen molar-refractivity contribution in [2.24, 2.45) is 18.2 Å². The van der Waals surface area contributed by atoms with E-state index in [4.69, 9.17) is 17.3 Å². The first kappa shape index (κ1) is 14.2. The van der Waals surface area contributed by atoms with Crippen molar-refractivity contribution in [2.45, 2.75) is 33.6 Å². The van der Waals surface area contributed by atoms with Gasteiger partial charge in [0, 0.05) is 19.0 Å². The van der Waals surface area contributed by atoms with Crippen LogP contribution in [0.1, 0.15) is 32.2 Å². The van der Waals surface area contributed by atoms with E-state index in [-0.39, 0.29) is 12.2 Å². The maximum Gasteiger partial charge on any atom is 0.145 e. The number of ketones is 1. The van der Waals surface area contributed by atoms with E-state index in [9.17, 15) is 4.79 Å². The fourth-order valence-electron chi connectivity index (χ4n) is 1.52. The zero-order chi connectivity index (χ0) is 13.2. The maximum atomic E-state index is 12.1. The SMILES string of the molecule is CCc1nn(C)c(CC(=O)C(C)(C)CN)c1Cl. The molecular formula is C12H20ClN3O. The standard InChI is InChI=1S/C12H20ClN3O/c1-5-8-11(13)9(16(4)15-8)6-10(17)12(2,3)7-14/h5-7,14H2,1-4H3. The fourth-order valence-corrected chi connectivity index (χ4v) is 1.88. The van der Waals surface area contributed by atoms with E-state index in [0.717, 1.165) is 17.8 Å². The summed E-state index contributed by atoms with van der Waals surface area (Å²) in [6, 6.07) is 0. The minimum absolute atomic E-state index is 0.0903. The van der Waals surface area contributed by atoms with Gasteiger partial charge in [0.05, 0.1) is 22.8 Å². The molecule has 0 saturated carbocycles. The van der Waals surface area contributed by atoms with Crippen molar-refractivity contribution in [3.05, 3.63) is 16.4 Å². The lowest BCUT2D eigenvalue weighted by Crippen LogP contribution is -2.34. The van der Waals surface area contributed by atoms with Crippen LogP contribution in [0.4, 0.5) is 0 Å². The lowest BCUT2D eigenvalue weighted by molar-refractivity contribution is -0.126. The van der Waals surface area contributed by atoms with Gasteiger partial charge in [-0.2, -0.15) is 5.10 Å². The minimum Gasteiger partial charge on any atom is -0.329 e. The number of Topliss-reactive ketones (excluding diaryl/α,β-unsaturated/α-hetero) is 1. The van der Waals surface area contributed by atoms with E-state index in [0.29, 0.717) is 11.6 Å². The second-order valence-electron chi connectivity index (χ2n) is 4.87. The second kappa shape index (κ2) is 5.19. The molecule has 0 bridgehead atoms. The van der Waals surface area contributed by atoms with Crippen LogP contribution < -0.4 is 5.73 Å². The van der Waals surface area contributed by atoms with Gasteiger partial charge in [0.25, 0.3) is 0 Å². The number of halogens is 1. The number of hydrogen-bond donors (Lipinski definition) is 1. The summed E-state index contributed by atoms with van der Waals surface area (Å²) in [6.45, 7) is 6.02. The Morgan fingerprint density at radius 1 is 1.53 bits per heavy atom. The molecule has 0 aliphatic carbocycles. The van der Waals surface area contributed by atoms with E-state index < -0.39 is 5.41 Å². The number of nitrogens with two attached hydrogens (primary N) is 1. The van der Waals surface area contributed by atoms with Crippen molar-refractivity contribution in [1.82, 2.24) is 9.78 Å². The highest BCUT2D eigenvalue weighted by atomic mass is 35.5. The first-order chi connectivity index (χ1) is 7.83. The number of aryl methyl sites for hydroxylation is 2. The van der Waals surface area contributed by atoms with Gasteiger partial charge in [0.2, 0.25) is 0 Å². The van der Waals surface area contributed by atoms with Crippen LogP contribution in [0.5, 0.6) is 0 Å². The molecule has 0 unspecified atom stereocenters. The van der Waals surface area contributed by atoms with Crippen LogP contribution >= 0.6 is 11.6 Å². The molecule has 0 aliphatic heterocycles. The summed E-state index contributed by atoms with van der Waals surface area (Å²) in [5.41, 5.74) is 6.69. The topological polar surface area (TPSA) is 60.9 Å². The third-order valence-electron chi connectivity index (χ3n) is 3.10. The van der Waals surface area contributed by atoms with Crippen molar-refractivity contribution in [3.63, 3.8) is 0 Å². The van der Waals surface area contributed by atoms with Crippen LogP contribution in [-0.2, 0) is 24.7 Å². The zero-order valence-corrected chi connectivity index (χ0v) is 11.6. The smallest absolute Gasteiger partial charge is 0.145 e. The molecular weight excluding hydrogens is 238 g/mol. The molecule has 2 N–H and O–H groups in total.